The quantitative estimate of drug-likeness (QED) is 0.0918. The van der Waals surface area contributed by atoms with Crippen LogP contribution in [-0.2, 0) is 63.5 Å². The van der Waals surface area contributed by atoms with Crippen molar-refractivity contribution in [2.24, 2.45) is 0 Å². The monoisotopic (exact) mass is 661 g/mol. The zero-order chi connectivity index (χ0) is 33.4. The summed E-state index contributed by atoms with van der Waals surface area (Å²) < 4.78 is 59.0. The minimum Gasteiger partial charge on any atom is -0.458 e. The van der Waals surface area contributed by atoms with Crippen LogP contribution in [0.1, 0.15) is 26.3 Å². The number of alkyl carbamates (subject to hydrolysis) is 1. The van der Waals surface area contributed by atoms with Crippen molar-refractivity contribution >= 4 is 12.1 Å². The smallest absolute Gasteiger partial charge is 0.407 e. The van der Waals surface area contributed by atoms with Gasteiger partial charge in [-0.1, -0.05) is 30.3 Å². The van der Waals surface area contributed by atoms with Crippen molar-refractivity contribution < 1.29 is 61.7 Å². The summed E-state index contributed by atoms with van der Waals surface area (Å²) in [7, 11) is 0. The number of carbonyl (C=O) groups excluding carboxylic acids is 2. The van der Waals surface area contributed by atoms with Crippen molar-refractivity contribution in [3.8, 4) is 0 Å². The maximum atomic E-state index is 11.6. The number of nitrogens with one attached hydrogen (secondary N) is 1. The lowest BCUT2D eigenvalue weighted by molar-refractivity contribution is -0.160. The molecule has 0 aliphatic rings. The molecule has 0 heterocycles. The minimum atomic E-state index is -0.514. The van der Waals surface area contributed by atoms with Crippen LogP contribution in [0.2, 0.25) is 0 Å². The number of hydrogen-bond donors (Lipinski definition) is 1. The highest BCUT2D eigenvalue weighted by molar-refractivity contribution is 5.71. The van der Waals surface area contributed by atoms with Gasteiger partial charge in [-0.15, -0.1) is 0 Å². The fourth-order valence-corrected chi connectivity index (χ4v) is 3.29. The van der Waals surface area contributed by atoms with Crippen LogP contribution in [0.15, 0.2) is 30.3 Å². The second kappa shape index (κ2) is 30.0. The van der Waals surface area contributed by atoms with E-state index in [9.17, 15) is 9.59 Å². The highest BCUT2D eigenvalue weighted by Crippen LogP contribution is 2.06. The summed E-state index contributed by atoms with van der Waals surface area (Å²) in [6.07, 6.45) is -0.473. The maximum absolute atomic E-state index is 11.6. The fraction of sp³-hybridized carbons (Fsp3) is 0.750. The van der Waals surface area contributed by atoms with Gasteiger partial charge in [-0.2, -0.15) is 0 Å². The van der Waals surface area contributed by atoms with Gasteiger partial charge in [-0.3, -0.25) is 0 Å². The summed E-state index contributed by atoms with van der Waals surface area (Å²) in [4.78, 5) is 23.1. The van der Waals surface area contributed by atoms with Gasteiger partial charge in [0.2, 0.25) is 0 Å². The van der Waals surface area contributed by atoms with Crippen LogP contribution in [0.3, 0.4) is 0 Å². The summed E-state index contributed by atoms with van der Waals surface area (Å²) in [5.74, 6) is -0.391. The van der Waals surface area contributed by atoms with Gasteiger partial charge >= 0.3 is 12.1 Å². The zero-order valence-electron chi connectivity index (χ0n) is 27.8. The Balaban J connectivity index is 1.67. The number of hydrogen-bond acceptors (Lipinski definition) is 13. The first-order valence-corrected chi connectivity index (χ1v) is 15.7. The second-order valence-electron chi connectivity index (χ2n) is 10.5. The molecule has 1 aromatic carbocycles. The van der Waals surface area contributed by atoms with Crippen LogP contribution in [0.4, 0.5) is 4.79 Å². The van der Waals surface area contributed by atoms with Gasteiger partial charge in [0.25, 0.3) is 0 Å². The van der Waals surface area contributed by atoms with Crippen molar-refractivity contribution in [1.82, 2.24) is 5.32 Å². The molecule has 1 amide bonds. The number of rotatable bonds is 31. The van der Waals surface area contributed by atoms with E-state index in [2.05, 4.69) is 5.32 Å². The zero-order valence-corrected chi connectivity index (χ0v) is 27.8. The van der Waals surface area contributed by atoms with E-state index in [-0.39, 0.29) is 13.2 Å². The molecule has 1 rings (SSSR count). The van der Waals surface area contributed by atoms with Gasteiger partial charge < -0.3 is 57.4 Å². The average Bonchev–Trinajstić information content (AvgIpc) is 3.02. The molecule has 14 nitrogen and oxygen atoms in total. The molecule has 1 N–H and O–H groups in total. The number of ether oxygens (including phenoxy) is 11. The van der Waals surface area contributed by atoms with E-state index >= 15 is 0 Å². The van der Waals surface area contributed by atoms with Crippen molar-refractivity contribution in [1.29, 1.82) is 0 Å². The molecule has 0 unspecified atom stereocenters. The number of benzene rings is 1. The van der Waals surface area contributed by atoms with E-state index < -0.39 is 17.7 Å². The summed E-state index contributed by atoms with van der Waals surface area (Å²) in [5.41, 5.74) is 0.420. The highest BCUT2D eigenvalue weighted by Gasteiger charge is 2.15. The van der Waals surface area contributed by atoms with E-state index in [1.807, 2.05) is 51.1 Å². The Labute approximate surface area is 273 Å². The molecule has 0 aliphatic carbocycles. The molecule has 46 heavy (non-hydrogen) atoms. The van der Waals surface area contributed by atoms with Gasteiger partial charge in [-0.05, 0) is 26.3 Å². The molecular formula is C32H55NO13. The molecule has 0 saturated carbocycles. The Kier molecular flexibility index (Phi) is 27.1. The van der Waals surface area contributed by atoms with E-state index in [1.54, 1.807) is 0 Å². The second-order valence-corrected chi connectivity index (χ2v) is 10.5. The molecular weight excluding hydrogens is 606 g/mol. The molecule has 1 aromatic rings. The number of esters is 1. The lowest BCUT2D eigenvalue weighted by atomic mass is 10.2. The molecule has 266 valence electrons. The lowest BCUT2D eigenvalue weighted by Crippen LogP contribution is -2.28. The van der Waals surface area contributed by atoms with Crippen LogP contribution < -0.4 is 5.32 Å². The van der Waals surface area contributed by atoms with Crippen LogP contribution in [-0.4, -0.2) is 143 Å². The molecule has 0 bridgehead atoms. The highest BCUT2D eigenvalue weighted by atomic mass is 16.6. The molecule has 14 heteroatoms. The third-order valence-corrected chi connectivity index (χ3v) is 5.34. The van der Waals surface area contributed by atoms with E-state index in [1.165, 1.54) is 0 Å². The summed E-state index contributed by atoms with van der Waals surface area (Å²) in [6.45, 7) is 13.5. The third-order valence-electron chi connectivity index (χ3n) is 5.34. The Morgan fingerprint density at radius 2 is 0.913 bits per heavy atom. The summed E-state index contributed by atoms with van der Waals surface area (Å²) >= 11 is 0. The third kappa shape index (κ3) is 30.3. The van der Waals surface area contributed by atoms with Crippen molar-refractivity contribution in [2.75, 3.05) is 125 Å². The molecule has 0 fully saturated rings. The van der Waals surface area contributed by atoms with Gasteiger partial charge in [0.1, 0.15) is 18.8 Å². The first-order valence-electron chi connectivity index (χ1n) is 15.7. The van der Waals surface area contributed by atoms with Crippen molar-refractivity contribution in [2.45, 2.75) is 33.0 Å². The Morgan fingerprint density at radius 1 is 0.543 bits per heavy atom. The molecule has 0 spiro atoms. The van der Waals surface area contributed by atoms with Gasteiger partial charge in [-0.25, -0.2) is 9.59 Å². The number of amides is 1. The largest absolute Gasteiger partial charge is 0.458 e. The van der Waals surface area contributed by atoms with Crippen LogP contribution in [0.5, 0.6) is 0 Å². The van der Waals surface area contributed by atoms with E-state index in [0.29, 0.717) is 119 Å². The van der Waals surface area contributed by atoms with E-state index in [4.69, 9.17) is 52.1 Å². The minimum absolute atomic E-state index is 0.0874. The van der Waals surface area contributed by atoms with Crippen LogP contribution >= 0.6 is 0 Å². The number of carbonyl (C=O) groups is 2. The predicted octanol–water partition coefficient (Wildman–Crippen LogP) is 2.40. The Hall–Kier alpha value is -2.40. The van der Waals surface area contributed by atoms with Gasteiger partial charge in [0, 0.05) is 6.54 Å². The van der Waals surface area contributed by atoms with Crippen LogP contribution in [0, 0.1) is 0 Å². The molecule has 0 radical (unpaired) electrons. The van der Waals surface area contributed by atoms with Crippen molar-refractivity contribution in [3.05, 3.63) is 35.9 Å². The van der Waals surface area contributed by atoms with Gasteiger partial charge in [0.15, 0.2) is 0 Å². The molecule has 0 atom stereocenters. The molecule has 0 aromatic heterocycles. The summed E-state index contributed by atoms with van der Waals surface area (Å²) in [6, 6.07) is 9.49. The average molecular weight is 662 g/mol. The van der Waals surface area contributed by atoms with Crippen molar-refractivity contribution in [3.63, 3.8) is 0 Å². The molecule has 0 aliphatic heterocycles. The standard InChI is InChI=1S/C32H55NO13/c1-32(2,3)46-30(34)28-44-26-25-43-24-23-42-22-21-41-20-19-40-18-17-39-16-15-38-14-13-37-12-11-36-10-9-33-31(35)45-27-29-7-5-4-6-8-29/h4-8H,9-28H2,1-3H3,(H,33,35). The first-order chi connectivity index (χ1) is 22.4. The Morgan fingerprint density at radius 3 is 1.30 bits per heavy atom. The van der Waals surface area contributed by atoms with Gasteiger partial charge in [0.05, 0.1) is 112 Å². The predicted molar refractivity (Wildman–Crippen MR) is 168 cm³/mol. The topological polar surface area (TPSA) is 148 Å². The lowest BCUT2D eigenvalue weighted by Gasteiger charge is -2.19. The Bertz CT molecular complexity index is 839. The summed E-state index contributed by atoms with van der Waals surface area (Å²) in [5, 5.41) is 2.64. The van der Waals surface area contributed by atoms with Crippen LogP contribution in [0.25, 0.3) is 0 Å². The fourth-order valence-electron chi connectivity index (χ4n) is 3.29. The first kappa shape index (κ1) is 41.6. The SMILES string of the molecule is CC(C)(C)OC(=O)COCCOCCOCCOCCOCCOCCOCCOCCOCCNC(=O)OCc1ccccc1. The maximum Gasteiger partial charge on any atom is 0.407 e. The van der Waals surface area contributed by atoms with E-state index in [0.717, 1.165) is 5.56 Å². The molecule has 0 saturated heterocycles. The normalized spacial score (nSPS) is 11.5.